The van der Waals surface area contributed by atoms with Crippen molar-refractivity contribution in [1.29, 1.82) is 0 Å². The van der Waals surface area contributed by atoms with Gasteiger partial charge in [-0.3, -0.25) is 9.59 Å². The minimum atomic E-state index is -0.554. The van der Waals surface area contributed by atoms with Crippen LogP contribution in [0.25, 0.3) is 5.82 Å². The molecule has 8 nitrogen and oxygen atoms in total. The molecule has 0 spiro atoms. The van der Waals surface area contributed by atoms with Crippen LogP contribution in [0, 0.1) is 5.92 Å². The van der Waals surface area contributed by atoms with Gasteiger partial charge in [0, 0.05) is 19.4 Å². The smallest absolute Gasteiger partial charge is 0.247 e. The van der Waals surface area contributed by atoms with Gasteiger partial charge >= 0.3 is 0 Å². The molecule has 0 fully saturated rings. The van der Waals surface area contributed by atoms with Crippen LogP contribution in [-0.2, 0) is 22.6 Å². The van der Waals surface area contributed by atoms with Crippen LogP contribution in [-0.4, -0.2) is 42.5 Å². The summed E-state index contributed by atoms with van der Waals surface area (Å²) >= 11 is 0. The van der Waals surface area contributed by atoms with E-state index in [1.54, 1.807) is 29.6 Å². The first-order valence-electron chi connectivity index (χ1n) is 9.99. The van der Waals surface area contributed by atoms with Crippen LogP contribution in [0.1, 0.15) is 31.4 Å². The number of rotatable bonds is 5. The zero-order chi connectivity index (χ0) is 21.1. The normalized spacial score (nSPS) is 15.7. The van der Waals surface area contributed by atoms with Crippen molar-refractivity contribution in [2.45, 2.75) is 39.3 Å². The molecule has 1 N–H and O–H groups in total. The molecule has 0 saturated heterocycles. The van der Waals surface area contributed by atoms with Crippen LogP contribution in [0.3, 0.4) is 0 Å². The highest BCUT2D eigenvalue weighted by atomic mass is 16.2. The van der Waals surface area contributed by atoms with Gasteiger partial charge in [-0.25, -0.2) is 14.6 Å². The number of hydrogen-bond acceptors (Lipinski definition) is 5. The van der Waals surface area contributed by atoms with Crippen molar-refractivity contribution >= 4 is 17.5 Å². The molecule has 2 aromatic heterocycles. The highest BCUT2D eigenvalue weighted by Gasteiger charge is 2.34. The summed E-state index contributed by atoms with van der Waals surface area (Å²) in [7, 11) is 0. The average molecular weight is 404 g/mol. The molecule has 154 valence electrons. The van der Waals surface area contributed by atoms with E-state index in [1.165, 1.54) is 11.0 Å². The molecule has 1 aliphatic rings. The van der Waals surface area contributed by atoms with Crippen molar-refractivity contribution in [3.8, 4) is 5.82 Å². The average Bonchev–Trinajstić information content (AvgIpc) is 3.27. The van der Waals surface area contributed by atoms with E-state index in [1.807, 2.05) is 38.1 Å². The van der Waals surface area contributed by atoms with Crippen molar-refractivity contribution in [2.75, 3.05) is 5.32 Å². The lowest BCUT2D eigenvalue weighted by Gasteiger charge is -2.36. The van der Waals surface area contributed by atoms with Crippen LogP contribution in [0.15, 0.2) is 55.2 Å². The fraction of sp³-hybridized carbons (Fsp3) is 0.318. The fourth-order valence-electron chi connectivity index (χ4n) is 3.63. The predicted molar refractivity (Wildman–Crippen MR) is 112 cm³/mol. The number of fused-ring (bicyclic) bond motifs is 1. The second kappa shape index (κ2) is 8.44. The molecular formula is C22H24N6O2. The first-order valence-corrected chi connectivity index (χ1v) is 9.99. The van der Waals surface area contributed by atoms with Crippen molar-refractivity contribution in [3.05, 3.63) is 66.4 Å². The molecule has 0 aliphatic carbocycles. The molecule has 1 aromatic carbocycles. The molecule has 0 radical (unpaired) electrons. The van der Waals surface area contributed by atoms with E-state index in [0.29, 0.717) is 30.9 Å². The third-order valence-electron chi connectivity index (χ3n) is 5.12. The Kier molecular flexibility index (Phi) is 5.56. The van der Waals surface area contributed by atoms with Gasteiger partial charge in [0.15, 0.2) is 5.82 Å². The third-order valence-corrected chi connectivity index (χ3v) is 5.12. The zero-order valence-corrected chi connectivity index (χ0v) is 17.0. The Balaban J connectivity index is 1.53. The summed E-state index contributed by atoms with van der Waals surface area (Å²) in [6.07, 6.45) is 5.47. The Morgan fingerprint density at radius 3 is 2.63 bits per heavy atom. The van der Waals surface area contributed by atoms with E-state index in [9.17, 15) is 9.59 Å². The largest absolute Gasteiger partial charge is 0.326 e. The van der Waals surface area contributed by atoms with E-state index < -0.39 is 6.04 Å². The second-order valence-corrected chi connectivity index (χ2v) is 7.84. The summed E-state index contributed by atoms with van der Waals surface area (Å²) in [5.41, 5.74) is 2.77. The Hall–Kier alpha value is -3.55. The van der Waals surface area contributed by atoms with Gasteiger partial charge in [0.2, 0.25) is 11.8 Å². The van der Waals surface area contributed by atoms with E-state index in [4.69, 9.17) is 0 Å². The molecule has 3 aromatic rings. The minimum absolute atomic E-state index is 0.000641. The maximum atomic E-state index is 13.1. The lowest BCUT2D eigenvalue weighted by Crippen LogP contribution is -2.50. The van der Waals surface area contributed by atoms with Crippen molar-refractivity contribution in [1.82, 2.24) is 24.6 Å². The van der Waals surface area contributed by atoms with Crippen LogP contribution >= 0.6 is 0 Å². The van der Waals surface area contributed by atoms with Crippen molar-refractivity contribution < 1.29 is 9.59 Å². The molecule has 4 rings (SSSR count). The van der Waals surface area contributed by atoms with Gasteiger partial charge in [-0.2, -0.15) is 5.10 Å². The molecule has 30 heavy (non-hydrogen) atoms. The summed E-state index contributed by atoms with van der Waals surface area (Å²) in [5, 5.41) is 6.95. The summed E-state index contributed by atoms with van der Waals surface area (Å²) < 4.78 is 1.54. The van der Waals surface area contributed by atoms with E-state index in [2.05, 4.69) is 20.4 Å². The lowest BCUT2D eigenvalue weighted by molar-refractivity contribution is -0.140. The maximum absolute atomic E-state index is 13.1. The molecule has 3 heterocycles. The number of nitrogens with one attached hydrogen (secondary N) is 1. The SMILES string of the molecule is CC(C)CC(=O)N1Cc2ccccc2CC1C(=O)Nc1ccc(-n2cncn2)nc1. The molecule has 8 heteroatoms. The van der Waals surface area contributed by atoms with Gasteiger partial charge in [0.25, 0.3) is 0 Å². The van der Waals surface area contributed by atoms with Gasteiger partial charge in [0.1, 0.15) is 18.7 Å². The van der Waals surface area contributed by atoms with Gasteiger partial charge in [-0.15, -0.1) is 0 Å². The number of aromatic nitrogens is 4. The number of benzene rings is 1. The summed E-state index contributed by atoms with van der Waals surface area (Å²) in [6.45, 7) is 4.46. The third kappa shape index (κ3) is 4.22. The highest BCUT2D eigenvalue weighted by molar-refractivity contribution is 5.97. The molecule has 1 unspecified atom stereocenters. The van der Waals surface area contributed by atoms with Crippen LogP contribution in [0.5, 0.6) is 0 Å². The second-order valence-electron chi connectivity index (χ2n) is 7.84. The van der Waals surface area contributed by atoms with E-state index >= 15 is 0 Å². The Labute approximate surface area is 175 Å². The van der Waals surface area contributed by atoms with E-state index in [0.717, 1.165) is 11.1 Å². The van der Waals surface area contributed by atoms with Crippen LogP contribution in [0.2, 0.25) is 0 Å². The van der Waals surface area contributed by atoms with Gasteiger partial charge in [0.05, 0.1) is 11.9 Å². The van der Waals surface area contributed by atoms with Gasteiger partial charge in [-0.1, -0.05) is 38.1 Å². The number of anilines is 1. The van der Waals surface area contributed by atoms with Gasteiger partial charge in [-0.05, 0) is 29.2 Å². The maximum Gasteiger partial charge on any atom is 0.247 e. The van der Waals surface area contributed by atoms with E-state index in [-0.39, 0.29) is 17.7 Å². The molecule has 2 amide bonds. The molecule has 1 aliphatic heterocycles. The predicted octanol–water partition coefficient (Wildman–Crippen LogP) is 2.60. The first-order chi connectivity index (χ1) is 14.5. The minimum Gasteiger partial charge on any atom is -0.326 e. The number of pyridine rings is 1. The number of carbonyl (C=O) groups excluding carboxylic acids is 2. The Bertz CT molecular complexity index is 1030. The quantitative estimate of drug-likeness (QED) is 0.706. The summed E-state index contributed by atoms with van der Waals surface area (Å²) in [5.74, 6) is 0.619. The monoisotopic (exact) mass is 404 g/mol. The van der Waals surface area contributed by atoms with Crippen molar-refractivity contribution in [3.63, 3.8) is 0 Å². The summed E-state index contributed by atoms with van der Waals surface area (Å²) in [4.78, 5) is 35.9. The van der Waals surface area contributed by atoms with Crippen molar-refractivity contribution in [2.24, 2.45) is 5.92 Å². The number of hydrogen-bond donors (Lipinski definition) is 1. The molecular weight excluding hydrogens is 380 g/mol. The Morgan fingerprint density at radius 1 is 1.17 bits per heavy atom. The molecule has 0 saturated carbocycles. The highest BCUT2D eigenvalue weighted by Crippen LogP contribution is 2.25. The first kappa shape index (κ1) is 19.8. The standard InChI is InChI=1S/C22H24N6O2/c1-15(2)9-21(29)27-12-17-6-4-3-5-16(17)10-19(27)22(30)26-18-7-8-20(24-11-18)28-14-23-13-25-28/h3-8,11,13-15,19H,9-10,12H2,1-2H3,(H,26,30). The lowest BCUT2D eigenvalue weighted by atomic mass is 9.92. The topological polar surface area (TPSA) is 93.0 Å². The number of carbonyl (C=O) groups is 2. The fourth-order valence-corrected chi connectivity index (χ4v) is 3.63. The zero-order valence-electron chi connectivity index (χ0n) is 17.0. The number of amides is 2. The summed E-state index contributed by atoms with van der Waals surface area (Å²) in [6, 6.07) is 10.9. The van der Waals surface area contributed by atoms with Gasteiger partial charge < -0.3 is 10.2 Å². The molecule has 0 bridgehead atoms. The van der Waals surface area contributed by atoms with Crippen LogP contribution in [0.4, 0.5) is 5.69 Å². The van der Waals surface area contributed by atoms with Crippen LogP contribution < -0.4 is 5.32 Å². The number of nitrogens with zero attached hydrogens (tertiary/aromatic N) is 5. The Morgan fingerprint density at radius 2 is 1.97 bits per heavy atom. The molecule has 1 atom stereocenters.